The average Bonchev–Trinajstić information content (AvgIpc) is 2.53. The smallest absolute Gasteiger partial charge is 0.243 e. The number of rotatable bonds is 3. The molecular formula is C15H20N2O3S. The normalized spacial score (nSPS) is 19.8. The lowest BCUT2D eigenvalue weighted by Gasteiger charge is -2.33. The molecule has 1 aliphatic heterocycles. The molecule has 1 aromatic rings. The maximum absolute atomic E-state index is 12.7. The largest absolute Gasteiger partial charge is 0.378 e. The Balaban J connectivity index is 2.26. The molecule has 0 amide bonds. The fraction of sp³-hybridized carbons (Fsp3) is 0.467. The van der Waals surface area contributed by atoms with Crippen LogP contribution in [0.1, 0.15) is 18.9 Å². The lowest BCUT2D eigenvalue weighted by molar-refractivity contribution is 0.0314. The molecule has 0 bridgehead atoms. The van der Waals surface area contributed by atoms with E-state index in [2.05, 4.69) is 11.8 Å². The topological polar surface area (TPSA) is 72.6 Å². The zero-order valence-corrected chi connectivity index (χ0v) is 12.9. The minimum Gasteiger partial charge on any atom is -0.378 e. The number of nitrogens with zero attached hydrogens (tertiary/aromatic N) is 1. The minimum absolute atomic E-state index is 0.0968. The van der Waals surface area contributed by atoms with Gasteiger partial charge in [0.2, 0.25) is 10.0 Å². The third kappa shape index (κ3) is 3.63. The van der Waals surface area contributed by atoms with Crippen LogP contribution < -0.4 is 5.73 Å². The van der Waals surface area contributed by atoms with Gasteiger partial charge in [0.1, 0.15) is 0 Å². The van der Waals surface area contributed by atoms with Crippen LogP contribution in [0.2, 0.25) is 0 Å². The Morgan fingerprint density at radius 3 is 2.71 bits per heavy atom. The number of nitrogens with two attached hydrogens (primary N) is 1. The maximum Gasteiger partial charge on any atom is 0.243 e. The summed E-state index contributed by atoms with van der Waals surface area (Å²) in [4.78, 5) is 0.293. The van der Waals surface area contributed by atoms with E-state index >= 15 is 0 Å². The number of hydrogen-bond donors (Lipinski definition) is 1. The van der Waals surface area contributed by atoms with E-state index in [1.807, 2.05) is 6.92 Å². The molecule has 1 aromatic carbocycles. The number of morpholine rings is 1. The molecule has 5 nitrogen and oxygen atoms in total. The third-order valence-electron chi connectivity index (χ3n) is 3.44. The second kappa shape index (κ2) is 7.05. The van der Waals surface area contributed by atoms with Crippen molar-refractivity contribution < 1.29 is 13.2 Å². The summed E-state index contributed by atoms with van der Waals surface area (Å²) in [6.07, 6.45) is 0.735. The number of ether oxygens (including phenoxy) is 1. The van der Waals surface area contributed by atoms with Gasteiger partial charge in [0, 0.05) is 18.2 Å². The standard InChI is InChI=1S/C15H20N2O3S/c1-2-14-12-20-11-10-17(14)21(18,19)15-7-5-13(6-8-15)4-3-9-16/h5-8,14H,2,9-12,16H2,1H3. The summed E-state index contributed by atoms with van der Waals surface area (Å²) >= 11 is 0. The van der Waals surface area contributed by atoms with Crippen molar-refractivity contribution in [1.82, 2.24) is 4.31 Å². The summed E-state index contributed by atoms with van der Waals surface area (Å²) < 4.78 is 32.3. The first kappa shape index (κ1) is 16.0. The first-order chi connectivity index (χ1) is 10.1. The van der Waals surface area contributed by atoms with Crippen LogP contribution in [0.3, 0.4) is 0 Å². The van der Waals surface area contributed by atoms with Gasteiger partial charge in [-0.1, -0.05) is 18.8 Å². The second-order valence-corrected chi connectivity index (χ2v) is 6.67. The molecule has 1 aliphatic rings. The van der Waals surface area contributed by atoms with Gasteiger partial charge in [0.25, 0.3) is 0 Å². The molecule has 0 aromatic heterocycles. The predicted octanol–water partition coefficient (Wildman–Crippen LogP) is 0.796. The number of benzene rings is 1. The molecule has 2 N–H and O–H groups in total. The van der Waals surface area contributed by atoms with Crippen LogP contribution in [-0.2, 0) is 14.8 Å². The van der Waals surface area contributed by atoms with Crippen molar-refractivity contribution >= 4 is 10.0 Å². The highest BCUT2D eigenvalue weighted by molar-refractivity contribution is 7.89. The van der Waals surface area contributed by atoms with E-state index in [4.69, 9.17) is 10.5 Å². The van der Waals surface area contributed by atoms with Crippen LogP contribution >= 0.6 is 0 Å². The van der Waals surface area contributed by atoms with E-state index in [1.165, 1.54) is 4.31 Å². The Labute approximate surface area is 126 Å². The van der Waals surface area contributed by atoms with Crippen LogP contribution in [0, 0.1) is 11.8 Å². The quantitative estimate of drug-likeness (QED) is 0.838. The predicted molar refractivity (Wildman–Crippen MR) is 81.2 cm³/mol. The van der Waals surface area contributed by atoms with Crippen molar-refractivity contribution in [3.05, 3.63) is 29.8 Å². The lowest BCUT2D eigenvalue weighted by atomic mass is 10.2. The van der Waals surface area contributed by atoms with Gasteiger partial charge < -0.3 is 10.5 Å². The molecule has 0 aliphatic carbocycles. The molecular weight excluding hydrogens is 288 g/mol. The Hall–Kier alpha value is -1.39. The summed E-state index contributed by atoms with van der Waals surface area (Å²) in [6, 6.07) is 6.50. The molecule has 2 rings (SSSR count). The van der Waals surface area contributed by atoms with Crippen molar-refractivity contribution in [3.8, 4) is 11.8 Å². The van der Waals surface area contributed by atoms with Crippen molar-refractivity contribution in [2.75, 3.05) is 26.3 Å². The van der Waals surface area contributed by atoms with E-state index in [-0.39, 0.29) is 12.6 Å². The fourth-order valence-corrected chi connectivity index (χ4v) is 3.94. The SMILES string of the molecule is CCC1COCCN1S(=O)(=O)c1ccc(C#CCN)cc1. The van der Waals surface area contributed by atoms with E-state index in [0.717, 1.165) is 12.0 Å². The highest BCUT2D eigenvalue weighted by Crippen LogP contribution is 2.22. The van der Waals surface area contributed by atoms with Crippen LogP contribution in [0.4, 0.5) is 0 Å². The number of hydrogen-bond acceptors (Lipinski definition) is 4. The lowest BCUT2D eigenvalue weighted by Crippen LogP contribution is -2.48. The van der Waals surface area contributed by atoms with E-state index in [0.29, 0.717) is 24.7 Å². The molecule has 6 heteroatoms. The fourth-order valence-electron chi connectivity index (χ4n) is 2.28. The van der Waals surface area contributed by atoms with Crippen molar-refractivity contribution in [2.45, 2.75) is 24.3 Å². The number of sulfonamides is 1. The molecule has 0 saturated carbocycles. The van der Waals surface area contributed by atoms with Gasteiger partial charge in [-0.15, -0.1) is 0 Å². The molecule has 1 atom stereocenters. The second-order valence-electron chi connectivity index (χ2n) is 4.78. The summed E-state index contributed by atoms with van der Waals surface area (Å²) in [5.41, 5.74) is 6.07. The van der Waals surface area contributed by atoms with E-state index < -0.39 is 10.0 Å². The molecule has 0 radical (unpaired) electrons. The van der Waals surface area contributed by atoms with Gasteiger partial charge in [0.05, 0.1) is 24.7 Å². The van der Waals surface area contributed by atoms with Crippen LogP contribution in [0.5, 0.6) is 0 Å². The molecule has 1 fully saturated rings. The zero-order chi connectivity index (χ0) is 15.3. The van der Waals surface area contributed by atoms with Gasteiger partial charge in [-0.25, -0.2) is 8.42 Å². The van der Waals surface area contributed by atoms with Gasteiger partial charge in [-0.05, 0) is 30.7 Å². The summed E-state index contributed by atoms with van der Waals surface area (Å²) in [5, 5.41) is 0. The highest BCUT2D eigenvalue weighted by Gasteiger charge is 2.32. The summed E-state index contributed by atoms with van der Waals surface area (Å²) in [6.45, 7) is 3.54. The Morgan fingerprint density at radius 2 is 2.10 bits per heavy atom. The minimum atomic E-state index is -3.48. The van der Waals surface area contributed by atoms with E-state index in [1.54, 1.807) is 24.3 Å². The Bertz CT molecular complexity index is 629. The van der Waals surface area contributed by atoms with Gasteiger partial charge in [-0.2, -0.15) is 4.31 Å². The van der Waals surface area contributed by atoms with Gasteiger partial charge in [0.15, 0.2) is 0 Å². The molecule has 114 valence electrons. The van der Waals surface area contributed by atoms with Crippen LogP contribution in [0.15, 0.2) is 29.2 Å². The Morgan fingerprint density at radius 1 is 1.38 bits per heavy atom. The van der Waals surface area contributed by atoms with E-state index in [9.17, 15) is 8.42 Å². The molecule has 21 heavy (non-hydrogen) atoms. The maximum atomic E-state index is 12.7. The van der Waals surface area contributed by atoms with Gasteiger partial charge in [-0.3, -0.25) is 0 Å². The first-order valence-corrected chi connectivity index (χ1v) is 8.42. The van der Waals surface area contributed by atoms with Crippen molar-refractivity contribution in [2.24, 2.45) is 5.73 Å². The van der Waals surface area contributed by atoms with Crippen LogP contribution in [-0.4, -0.2) is 45.1 Å². The summed E-state index contributed by atoms with van der Waals surface area (Å²) in [5.74, 6) is 5.62. The third-order valence-corrected chi connectivity index (χ3v) is 5.41. The monoisotopic (exact) mass is 308 g/mol. The van der Waals surface area contributed by atoms with Gasteiger partial charge >= 0.3 is 0 Å². The molecule has 0 spiro atoms. The Kier molecular flexibility index (Phi) is 5.37. The first-order valence-electron chi connectivity index (χ1n) is 6.98. The average molecular weight is 308 g/mol. The van der Waals surface area contributed by atoms with Crippen LogP contribution in [0.25, 0.3) is 0 Å². The molecule has 1 unspecified atom stereocenters. The van der Waals surface area contributed by atoms with Crippen molar-refractivity contribution in [3.63, 3.8) is 0 Å². The highest BCUT2D eigenvalue weighted by atomic mass is 32.2. The summed E-state index contributed by atoms with van der Waals surface area (Å²) in [7, 11) is -3.48. The molecule has 1 heterocycles. The zero-order valence-electron chi connectivity index (χ0n) is 12.1. The van der Waals surface area contributed by atoms with Crippen molar-refractivity contribution in [1.29, 1.82) is 0 Å². The molecule has 1 saturated heterocycles.